The number of hydrogen-bond acceptors (Lipinski definition) is 6. The molecule has 2 N–H and O–H groups in total. The van der Waals surface area contributed by atoms with Crippen LogP contribution in [0.1, 0.15) is 17.3 Å². The number of nitriles is 1. The quantitative estimate of drug-likeness (QED) is 0.351. The van der Waals surface area contributed by atoms with Gasteiger partial charge >= 0.3 is 5.97 Å². The van der Waals surface area contributed by atoms with Crippen molar-refractivity contribution < 1.29 is 19.1 Å². The van der Waals surface area contributed by atoms with Gasteiger partial charge in [-0.05, 0) is 19.1 Å². The lowest BCUT2D eigenvalue weighted by Gasteiger charge is -2.06. The molecule has 114 valence electrons. The molecule has 1 aromatic carbocycles. The van der Waals surface area contributed by atoms with Crippen molar-refractivity contribution in [3.05, 3.63) is 41.6 Å². The number of benzene rings is 1. The molecule has 0 unspecified atom stereocenters. The maximum absolute atomic E-state index is 11.9. The molecule has 0 saturated heterocycles. The van der Waals surface area contributed by atoms with E-state index in [0.717, 1.165) is 6.20 Å². The lowest BCUT2D eigenvalue weighted by Crippen LogP contribution is -2.22. The maximum atomic E-state index is 11.9. The van der Waals surface area contributed by atoms with E-state index in [1.165, 1.54) is 20.1 Å². The number of methoxy groups -OCH3 is 1. The van der Waals surface area contributed by atoms with E-state index in [0.29, 0.717) is 11.3 Å². The molecule has 1 rings (SSSR count). The van der Waals surface area contributed by atoms with Crippen LogP contribution in [0.2, 0.25) is 0 Å². The molecule has 0 radical (unpaired) electrons. The first kappa shape index (κ1) is 16.9. The highest BCUT2D eigenvalue weighted by Gasteiger charge is 2.10. The zero-order valence-corrected chi connectivity index (χ0v) is 12.2. The lowest BCUT2D eigenvalue weighted by atomic mass is 10.1. The predicted octanol–water partition coefficient (Wildman–Crippen LogP) is 0.998. The van der Waals surface area contributed by atoms with Crippen LogP contribution in [0.25, 0.3) is 0 Å². The monoisotopic (exact) mass is 301 g/mol. The van der Waals surface area contributed by atoms with Crippen LogP contribution < -0.4 is 10.6 Å². The zero-order chi connectivity index (χ0) is 16.5. The van der Waals surface area contributed by atoms with Crippen LogP contribution >= 0.6 is 0 Å². The number of carbonyl (C=O) groups is 3. The number of nitrogens with one attached hydrogen (secondary N) is 2. The molecule has 0 bridgehead atoms. The van der Waals surface area contributed by atoms with E-state index < -0.39 is 11.9 Å². The summed E-state index contributed by atoms with van der Waals surface area (Å²) in [6, 6.07) is 8.07. The van der Waals surface area contributed by atoms with Crippen molar-refractivity contribution >= 4 is 23.3 Å². The molecule has 0 heterocycles. The number of nitrogens with zero attached hydrogens (tertiary/aromatic N) is 1. The number of Topliss-reactive ketones (excluding diaryl/α,β-unsaturated/α-hetero) is 1. The van der Waals surface area contributed by atoms with Gasteiger partial charge in [-0.1, -0.05) is 12.1 Å². The van der Waals surface area contributed by atoms with Crippen molar-refractivity contribution in [1.82, 2.24) is 5.32 Å². The first-order chi connectivity index (χ1) is 10.5. The van der Waals surface area contributed by atoms with Crippen LogP contribution in [0.15, 0.2) is 36.0 Å². The van der Waals surface area contributed by atoms with Gasteiger partial charge < -0.3 is 15.4 Å². The number of carbonyl (C=O) groups excluding carboxylic acids is 3. The number of rotatable bonds is 6. The fourth-order valence-electron chi connectivity index (χ4n) is 1.47. The van der Waals surface area contributed by atoms with Crippen LogP contribution in [0, 0.1) is 11.3 Å². The molecular formula is C15H15N3O4. The van der Waals surface area contributed by atoms with Crippen LogP contribution in [-0.2, 0) is 14.3 Å². The fourth-order valence-corrected chi connectivity index (χ4v) is 1.47. The Bertz CT molecular complexity index is 659. The SMILES string of the molecule is COC(=O)CN/C=C(/C#N)C(=O)Nc1cccc(C(C)=O)c1. The molecule has 1 amide bonds. The number of anilines is 1. The minimum Gasteiger partial charge on any atom is -0.468 e. The molecule has 22 heavy (non-hydrogen) atoms. The molecule has 1 aromatic rings. The molecule has 7 nitrogen and oxygen atoms in total. The zero-order valence-electron chi connectivity index (χ0n) is 12.2. The highest BCUT2D eigenvalue weighted by atomic mass is 16.5. The second kappa shape index (κ2) is 8.21. The summed E-state index contributed by atoms with van der Waals surface area (Å²) in [5, 5.41) is 14.0. The minimum absolute atomic E-state index is 0.133. The second-order valence-electron chi connectivity index (χ2n) is 4.22. The molecule has 0 saturated carbocycles. The summed E-state index contributed by atoms with van der Waals surface area (Å²) < 4.78 is 4.41. The molecule has 7 heteroatoms. The Balaban J connectivity index is 2.75. The van der Waals surface area contributed by atoms with Gasteiger partial charge in [0.05, 0.1) is 7.11 Å². The lowest BCUT2D eigenvalue weighted by molar-refractivity contribution is -0.139. The number of hydrogen-bond donors (Lipinski definition) is 2. The van der Waals surface area contributed by atoms with E-state index in [4.69, 9.17) is 5.26 Å². The largest absolute Gasteiger partial charge is 0.468 e. The Morgan fingerprint density at radius 2 is 2.09 bits per heavy atom. The van der Waals surface area contributed by atoms with Crippen molar-refractivity contribution in [2.75, 3.05) is 19.0 Å². The standard InChI is InChI=1S/C15H15N3O4/c1-10(19)11-4-3-5-13(6-11)18-15(21)12(7-16)8-17-9-14(20)22-2/h3-6,8,17H,9H2,1-2H3,(H,18,21)/b12-8-. The van der Waals surface area contributed by atoms with Gasteiger partial charge in [0.25, 0.3) is 5.91 Å². The van der Waals surface area contributed by atoms with Gasteiger partial charge in [-0.25, -0.2) is 0 Å². The Morgan fingerprint density at radius 3 is 2.68 bits per heavy atom. The van der Waals surface area contributed by atoms with Gasteiger partial charge in [-0.3, -0.25) is 14.4 Å². The van der Waals surface area contributed by atoms with E-state index in [-0.39, 0.29) is 17.9 Å². The molecule has 0 aliphatic rings. The van der Waals surface area contributed by atoms with E-state index in [1.54, 1.807) is 24.3 Å². The van der Waals surface area contributed by atoms with E-state index >= 15 is 0 Å². The fraction of sp³-hybridized carbons (Fsp3) is 0.200. The molecule has 0 aliphatic heterocycles. The third-order valence-electron chi connectivity index (χ3n) is 2.61. The van der Waals surface area contributed by atoms with Crippen molar-refractivity contribution in [3.8, 4) is 6.07 Å². The summed E-state index contributed by atoms with van der Waals surface area (Å²) in [6.07, 6.45) is 1.13. The number of esters is 1. The van der Waals surface area contributed by atoms with Gasteiger partial charge in [0, 0.05) is 17.5 Å². The maximum Gasteiger partial charge on any atom is 0.325 e. The molecule has 0 fully saturated rings. The Hall–Kier alpha value is -3.14. The predicted molar refractivity (Wildman–Crippen MR) is 78.8 cm³/mol. The van der Waals surface area contributed by atoms with Crippen molar-refractivity contribution in [1.29, 1.82) is 5.26 Å². The molecule has 0 spiro atoms. The van der Waals surface area contributed by atoms with Crippen molar-refractivity contribution in [3.63, 3.8) is 0 Å². The summed E-state index contributed by atoms with van der Waals surface area (Å²) in [5.74, 6) is -1.31. The normalized spacial score (nSPS) is 10.3. The van der Waals surface area contributed by atoms with E-state index in [1.807, 2.05) is 0 Å². The van der Waals surface area contributed by atoms with Crippen LogP contribution in [0.4, 0.5) is 5.69 Å². The minimum atomic E-state index is -0.652. The first-order valence-electron chi connectivity index (χ1n) is 6.30. The molecule has 0 atom stereocenters. The van der Waals surface area contributed by atoms with Gasteiger partial charge in [0.2, 0.25) is 0 Å². The van der Waals surface area contributed by atoms with Gasteiger partial charge in [0.15, 0.2) is 5.78 Å². The van der Waals surface area contributed by atoms with E-state index in [2.05, 4.69) is 15.4 Å². The Morgan fingerprint density at radius 1 is 1.36 bits per heavy atom. The number of ether oxygens (including phenoxy) is 1. The van der Waals surface area contributed by atoms with Crippen LogP contribution in [0.5, 0.6) is 0 Å². The van der Waals surface area contributed by atoms with E-state index in [9.17, 15) is 14.4 Å². The summed E-state index contributed by atoms with van der Waals surface area (Å²) >= 11 is 0. The number of amides is 1. The Kier molecular flexibility index (Phi) is 6.32. The first-order valence-corrected chi connectivity index (χ1v) is 6.30. The average Bonchev–Trinajstić information content (AvgIpc) is 2.51. The van der Waals surface area contributed by atoms with Crippen molar-refractivity contribution in [2.24, 2.45) is 0 Å². The molecular weight excluding hydrogens is 286 g/mol. The van der Waals surface area contributed by atoms with Crippen LogP contribution in [0.3, 0.4) is 0 Å². The highest BCUT2D eigenvalue weighted by Crippen LogP contribution is 2.12. The summed E-state index contributed by atoms with van der Waals surface area (Å²) in [6.45, 7) is 1.26. The Labute approximate surface area is 127 Å². The van der Waals surface area contributed by atoms with Gasteiger partial charge in [0.1, 0.15) is 18.2 Å². The topological polar surface area (TPSA) is 108 Å². The summed E-state index contributed by atoms with van der Waals surface area (Å²) in [5.41, 5.74) is 0.632. The summed E-state index contributed by atoms with van der Waals surface area (Å²) in [7, 11) is 1.23. The van der Waals surface area contributed by atoms with Gasteiger partial charge in [-0.15, -0.1) is 0 Å². The average molecular weight is 301 g/mol. The smallest absolute Gasteiger partial charge is 0.325 e. The summed E-state index contributed by atoms with van der Waals surface area (Å²) in [4.78, 5) is 34.1. The highest BCUT2D eigenvalue weighted by molar-refractivity contribution is 6.07. The molecule has 0 aromatic heterocycles. The third kappa shape index (κ3) is 5.09. The third-order valence-corrected chi connectivity index (χ3v) is 2.61. The molecule has 0 aliphatic carbocycles. The second-order valence-corrected chi connectivity index (χ2v) is 4.22. The van der Waals surface area contributed by atoms with Crippen molar-refractivity contribution in [2.45, 2.75) is 6.92 Å². The van der Waals surface area contributed by atoms with Crippen LogP contribution in [-0.4, -0.2) is 31.3 Å². The van der Waals surface area contributed by atoms with Gasteiger partial charge in [-0.2, -0.15) is 5.26 Å². The number of ketones is 1.